The molecule has 1 N–H and O–H groups in total. The standard InChI is InChI=1S/C10H14ClN3OS/c1-2-10(4-3-5-10)6-12-7(15)8-13-14-9(11)16-8/h2-6H2,1H3,(H,12,15). The Hall–Kier alpha value is -0.680. The highest BCUT2D eigenvalue weighted by Crippen LogP contribution is 2.43. The number of nitrogens with zero attached hydrogens (tertiary/aromatic N) is 2. The van der Waals surface area contributed by atoms with Crippen LogP contribution in [0.4, 0.5) is 0 Å². The number of carbonyl (C=O) groups is 1. The minimum atomic E-state index is -0.163. The zero-order valence-corrected chi connectivity index (χ0v) is 10.7. The van der Waals surface area contributed by atoms with E-state index in [2.05, 4.69) is 22.4 Å². The molecule has 1 aromatic heterocycles. The minimum absolute atomic E-state index is 0.163. The van der Waals surface area contributed by atoms with Crippen molar-refractivity contribution in [3.63, 3.8) is 0 Å². The maximum absolute atomic E-state index is 11.7. The summed E-state index contributed by atoms with van der Waals surface area (Å²) >= 11 is 6.74. The Kier molecular flexibility index (Phi) is 3.44. The van der Waals surface area contributed by atoms with E-state index < -0.39 is 0 Å². The second kappa shape index (κ2) is 4.67. The fourth-order valence-electron chi connectivity index (χ4n) is 1.97. The monoisotopic (exact) mass is 259 g/mol. The summed E-state index contributed by atoms with van der Waals surface area (Å²) in [5.74, 6) is -0.163. The van der Waals surface area contributed by atoms with Gasteiger partial charge in [-0.15, -0.1) is 10.2 Å². The molecule has 1 aliphatic rings. The van der Waals surface area contributed by atoms with E-state index >= 15 is 0 Å². The van der Waals surface area contributed by atoms with Crippen LogP contribution in [-0.2, 0) is 0 Å². The number of halogens is 1. The average Bonchev–Trinajstić information content (AvgIpc) is 2.64. The van der Waals surface area contributed by atoms with Gasteiger partial charge in [0.05, 0.1) is 0 Å². The predicted octanol–water partition coefficient (Wildman–Crippen LogP) is 2.50. The van der Waals surface area contributed by atoms with Crippen molar-refractivity contribution in [1.29, 1.82) is 0 Å². The molecule has 0 atom stereocenters. The maximum Gasteiger partial charge on any atom is 0.282 e. The smallest absolute Gasteiger partial charge is 0.282 e. The number of amides is 1. The highest BCUT2D eigenvalue weighted by molar-refractivity contribution is 7.17. The summed E-state index contributed by atoms with van der Waals surface area (Å²) < 4.78 is 0.305. The van der Waals surface area contributed by atoms with Crippen molar-refractivity contribution in [2.75, 3.05) is 6.54 Å². The molecule has 88 valence electrons. The third kappa shape index (κ3) is 2.35. The van der Waals surface area contributed by atoms with Gasteiger partial charge in [0.1, 0.15) is 0 Å². The Labute approximate surface area is 103 Å². The van der Waals surface area contributed by atoms with Gasteiger partial charge in [-0.3, -0.25) is 4.79 Å². The number of rotatable bonds is 4. The molecule has 1 heterocycles. The van der Waals surface area contributed by atoms with E-state index in [0.29, 0.717) is 14.9 Å². The Morgan fingerprint density at radius 1 is 1.56 bits per heavy atom. The third-order valence-corrected chi connectivity index (χ3v) is 4.40. The van der Waals surface area contributed by atoms with Gasteiger partial charge in [-0.1, -0.05) is 24.7 Å². The predicted molar refractivity (Wildman–Crippen MR) is 63.8 cm³/mol. The number of nitrogens with one attached hydrogen (secondary N) is 1. The van der Waals surface area contributed by atoms with Gasteiger partial charge < -0.3 is 5.32 Å². The van der Waals surface area contributed by atoms with Crippen molar-refractivity contribution in [3.8, 4) is 0 Å². The molecule has 6 heteroatoms. The van der Waals surface area contributed by atoms with Gasteiger partial charge in [-0.25, -0.2) is 0 Å². The lowest BCUT2D eigenvalue weighted by Crippen LogP contribution is -2.41. The van der Waals surface area contributed by atoms with E-state index in [-0.39, 0.29) is 5.91 Å². The van der Waals surface area contributed by atoms with Gasteiger partial charge in [0.2, 0.25) is 9.47 Å². The van der Waals surface area contributed by atoms with Gasteiger partial charge in [0.25, 0.3) is 5.91 Å². The Bertz CT molecular complexity index is 384. The summed E-state index contributed by atoms with van der Waals surface area (Å²) in [5.41, 5.74) is 0.324. The Morgan fingerprint density at radius 3 is 2.75 bits per heavy atom. The van der Waals surface area contributed by atoms with Crippen LogP contribution >= 0.6 is 22.9 Å². The van der Waals surface area contributed by atoms with Crippen LogP contribution in [0.1, 0.15) is 42.4 Å². The summed E-state index contributed by atoms with van der Waals surface area (Å²) in [6.45, 7) is 2.91. The van der Waals surface area contributed by atoms with Crippen LogP contribution in [0.15, 0.2) is 0 Å². The number of hydrogen-bond donors (Lipinski definition) is 1. The molecule has 1 aromatic rings. The highest BCUT2D eigenvalue weighted by atomic mass is 35.5. The lowest BCUT2D eigenvalue weighted by atomic mass is 9.67. The van der Waals surface area contributed by atoms with Crippen molar-refractivity contribution < 1.29 is 4.79 Å². The first-order valence-electron chi connectivity index (χ1n) is 5.42. The summed E-state index contributed by atoms with van der Waals surface area (Å²) in [4.78, 5) is 11.7. The molecule has 0 aliphatic heterocycles. The van der Waals surface area contributed by atoms with Crippen molar-refractivity contribution in [2.45, 2.75) is 32.6 Å². The second-order valence-electron chi connectivity index (χ2n) is 4.25. The Balaban J connectivity index is 1.88. The summed E-state index contributed by atoms with van der Waals surface area (Å²) in [6, 6.07) is 0. The maximum atomic E-state index is 11.7. The zero-order chi connectivity index (χ0) is 11.6. The molecule has 0 spiro atoms. The van der Waals surface area contributed by atoms with E-state index in [0.717, 1.165) is 24.3 Å². The third-order valence-electron chi connectivity index (χ3n) is 3.38. The van der Waals surface area contributed by atoms with Crippen LogP contribution in [0.3, 0.4) is 0 Å². The van der Waals surface area contributed by atoms with Crippen LogP contribution in [0.25, 0.3) is 0 Å². The summed E-state index contributed by atoms with van der Waals surface area (Å²) in [6.07, 6.45) is 4.81. The van der Waals surface area contributed by atoms with Crippen LogP contribution in [-0.4, -0.2) is 22.6 Å². The van der Waals surface area contributed by atoms with E-state index in [1.807, 2.05) is 0 Å². The molecule has 1 fully saturated rings. The molecular weight excluding hydrogens is 246 g/mol. The second-order valence-corrected chi connectivity index (χ2v) is 5.81. The quantitative estimate of drug-likeness (QED) is 0.904. The summed E-state index contributed by atoms with van der Waals surface area (Å²) in [5, 5.41) is 10.6. The topological polar surface area (TPSA) is 54.9 Å². The molecule has 1 amide bonds. The van der Waals surface area contributed by atoms with Crippen molar-refractivity contribution >= 4 is 28.8 Å². The van der Waals surface area contributed by atoms with E-state index in [1.54, 1.807) is 0 Å². The molecule has 0 bridgehead atoms. The molecule has 0 radical (unpaired) electrons. The van der Waals surface area contributed by atoms with Gasteiger partial charge in [-0.05, 0) is 36.3 Å². The SMILES string of the molecule is CCC1(CNC(=O)c2nnc(Cl)s2)CCC1. The molecule has 1 aliphatic carbocycles. The van der Waals surface area contributed by atoms with Crippen LogP contribution in [0.2, 0.25) is 4.47 Å². The minimum Gasteiger partial charge on any atom is -0.349 e. The molecule has 0 saturated heterocycles. The van der Waals surface area contributed by atoms with E-state index in [4.69, 9.17) is 11.6 Å². The van der Waals surface area contributed by atoms with Crippen molar-refractivity contribution in [2.24, 2.45) is 5.41 Å². The van der Waals surface area contributed by atoms with Crippen molar-refractivity contribution in [3.05, 3.63) is 9.47 Å². The number of hydrogen-bond acceptors (Lipinski definition) is 4. The summed E-state index contributed by atoms with van der Waals surface area (Å²) in [7, 11) is 0. The Morgan fingerprint density at radius 2 is 2.31 bits per heavy atom. The molecule has 0 unspecified atom stereocenters. The van der Waals surface area contributed by atoms with Gasteiger partial charge >= 0.3 is 0 Å². The van der Waals surface area contributed by atoms with E-state index in [1.165, 1.54) is 19.3 Å². The molecule has 2 rings (SSSR count). The lowest BCUT2D eigenvalue weighted by molar-refractivity contribution is 0.0849. The van der Waals surface area contributed by atoms with E-state index in [9.17, 15) is 4.79 Å². The highest BCUT2D eigenvalue weighted by Gasteiger charge is 2.35. The number of carbonyl (C=O) groups excluding carboxylic acids is 1. The lowest BCUT2D eigenvalue weighted by Gasteiger charge is -2.41. The first kappa shape index (κ1) is 11.8. The molecular formula is C10H14ClN3OS. The molecule has 4 nitrogen and oxygen atoms in total. The largest absolute Gasteiger partial charge is 0.349 e. The van der Waals surface area contributed by atoms with Crippen LogP contribution in [0.5, 0.6) is 0 Å². The van der Waals surface area contributed by atoms with Gasteiger partial charge in [0.15, 0.2) is 0 Å². The fraction of sp³-hybridized carbons (Fsp3) is 0.700. The molecule has 16 heavy (non-hydrogen) atoms. The number of aromatic nitrogens is 2. The van der Waals surface area contributed by atoms with Crippen LogP contribution < -0.4 is 5.32 Å². The molecule has 1 saturated carbocycles. The first-order chi connectivity index (χ1) is 7.65. The van der Waals surface area contributed by atoms with Crippen LogP contribution in [0, 0.1) is 5.41 Å². The zero-order valence-electron chi connectivity index (χ0n) is 9.12. The first-order valence-corrected chi connectivity index (χ1v) is 6.62. The fourth-order valence-corrected chi connectivity index (χ4v) is 2.72. The average molecular weight is 260 g/mol. The van der Waals surface area contributed by atoms with Gasteiger partial charge in [0, 0.05) is 6.54 Å². The molecule has 0 aromatic carbocycles. The normalized spacial score (nSPS) is 17.9. The van der Waals surface area contributed by atoms with Gasteiger partial charge in [-0.2, -0.15) is 0 Å². The van der Waals surface area contributed by atoms with Crippen molar-refractivity contribution in [1.82, 2.24) is 15.5 Å².